The van der Waals surface area contributed by atoms with Crippen LogP contribution in [0.4, 0.5) is 0 Å². The second-order valence-electron chi connectivity index (χ2n) is 5.89. The summed E-state index contributed by atoms with van der Waals surface area (Å²) in [5.41, 5.74) is 0. The van der Waals surface area contributed by atoms with Gasteiger partial charge in [-0.15, -0.1) is 0 Å². The Morgan fingerprint density at radius 2 is 1.39 bits per heavy atom. The molecule has 6 nitrogen and oxygen atoms in total. The van der Waals surface area contributed by atoms with E-state index in [0.29, 0.717) is 0 Å². The Morgan fingerprint density at radius 3 is 2.06 bits per heavy atom. The molecule has 0 aromatic heterocycles. The maximum absolute atomic E-state index is 9.40. The van der Waals surface area contributed by atoms with Crippen LogP contribution in [-0.2, 0) is 23.7 Å². The van der Waals surface area contributed by atoms with E-state index in [1.54, 1.807) is 0 Å². The Morgan fingerprint density at radius 1 is 0.833 bits per heavy atom. The minimum Gasteiger partial charge on any atom is -0.394 e. The van der Waals surface area contributed by atoms with Crippen molar-refractivity contribution < 1.29 is 28.8 Å². The molecule has 3 rings (SSSR count). The first-order valence-corrected chi connectivity index (χ1v) is 6.29. The summed E-state index contributed by atoms with van der Waals surface area (Å²) in [5, 5.41) is 9.40. The first-order chi connectivity index (χ1) is 8.31. The predicted octanol–water partition coefficient (Wildman–Crippen LogP) is 0.375. The number of aliphatic hydroxyl groups excluding tert-OH is 1. The molecule has 3 aliphatic heterocycles. The average Bonchev–Trinajstić information content (AvgIpc) is 2.71. The van der Waals surface area contributed by atoms with Crippen molar-refractivity contribution >= 4 is 0 Å². The van der Waals surface area contributed by atoms with Crippen molar-refractivity contribution in [2.45, 2.75) is 70.0 Å². The molecule has 3 saturated heterocycles. The third-order valence-corrected chi connectivity index (χ3v) is 3.43. The minimum atomic E-state index is -0.708. The fraction of sp³-hybridized carbons (Fsp3) is 1.00. The summed E-state index contributed by atoms with van der Waals surface area (Å²) in [7, 11) is 0. The molecule has 3 aliphatic rings. The van der Waals surface area contributed by atoms with Gasteiger partial charge < -0.3 is 28.8 Å². The van der Waals surface area contributed by atoms with Gasteiger partial charge in [0, 0.05) is 0 Å². The zero-order valence-electron chi connectivity index (χ0n) is 11.1. The number of ether oxygens (including phenoxy) is 5. The zero-order valence-corrected chi connectivity index (χ0v) is 11.1. The van der Waals surface area contributed by atoms with E-state index in [-0.39, 0.29) is 24.9 Å². The molecule has 0 saturated carbocycles. The molecule has 3 heterocycles. The third kappa shape index (κ3) is 1.97. The fourth-order valence-corrected chi connectivity index (χ4v) is 2.84. The molecule has 3 fully saturated rings. The molecular weight excluding hydrogens is 240 g/mol. The predicted molar refractivity (Wildman–Crippen MR) is 59.6 cm³/mol. The van der Waals surface area contributed by atoms with Gasteiger partial charge in [0.2, 0.25) is 0 Å². The van der Waals surface area contributed by atoms with Gasteiger partial charge in [0.15, 0.2) is 17.9 Å². The van der Waals surface area contributed by atoms with Crippen LogP contribution in [0.25, 0.3) is 0 Å². The van der Waals surface area contributed by atoms with E-state index < -0.39 is 24.0 Å². The van der Waals surface area contributed by atoms with Gasteiger partial charge >= 0.3 is 0 Å². The van der Waals surface area contributed by atoms with Crippen molar-refractivity contribution in [3.63, 3.8) is 0 Å². The lowest BCUT2D eigenvalue weighted by atomic mass is 9.99. The summed E-state index contributed by atoms with van der Waals surface area (Å²) < 4.78 is 28.9. The topological polar surface area (TPSA) is 66.4 Å². The molecule has 0 amide bonds. The maximum atomic E-state index is 9.40. The van der Waals surface area contributed by atoms with E-state index in [0.717, 1.165) is 0 Å². The highest BCUT2D eigenvalue weighted by Gasteiger charge is 2.60. The average molecular weight is 260 g/mol. The summed E-state index contributed by atoms with van der Waals surface area (Å²) in [5.74, 6) is -1.41. The van der Waals surface area contributed by atoms with E-state index in [9.17, 15) is 5.11 Å². The molecule has 0 spiro atoms. The first-order valence-electron chi connectivity index (χ1n) is 6.29. The number of rotatable bonds is 1. The lowest BCUT2D eigenvalue weighted by molar-refractivity contribution is -0.240. The minimum absolute atomic E-state index is 0.131. The van der Waals surface area contributed by atoms with Gasteiger partial charge in [-0.25, -0.2) is 0 Å². The summed E-state index contributed by atoms with van der Waals surface area (Å²) in [4.78, 5) is 0. The van der Waals surface area contributed by atoms with Gasteiger partial charge in [-0.05, 0) is 27.7 Å². The van der Waals surface area contributed by atoms with Crippen molar-refractivity contribution in [3.8, 4) is 0 Å². The van der Waals surface area contributed by atoms with Gasteiger partial charge in [0.25, 0.3) is 0 Å². The molecular formula is C12H20O6. The maximum Gasteiger partial charge on any atom is 0.190 e. The highest BCUT2D eigenvalue weighted by Crippen LogP contribution is 2.43. The molecule has 0 aromatic carbocycles. The van der Waals surface area contributed by atoms with Crippen molar-refractivity contribution in [1.29, 1.82) is 0 Å². The smallest absolute Gasteiger partial charge is 0.190 e. The van der Waals surface area contributed by atoms with E-state index in [4.69, 9.17) is 23.7 Å². The number of fused-ring (bicyclic) bond motifs is 3. The summed E-state index contributed by atoms with van der Waals surface area (Å²) in [6.07, 6.45) is -1.90. The van der Waals surface area contributed by atoms with Gasteiger partial charge in [0.05, 0.1) is 6.61 Å². The lowest BCUT2D eigenvalue weighted by Crippen LogP contribution is -2.56. The van der Waals surface area contributed by atoms with Crippen LogP contribution in [0.15, 0.2) is 0 Å². The Labute approximate surface area is 106 Å². The Kier molecular flexibility index (Phi) is 2.75. The van der Waals surface area contributed by atoms with Crippen LogP contribution in [0.2, 0.25) is 0 Å². The molecule has 0 aromatic rings. The normalized spacial score (nSPS) is 48.8. The van der Waals surface area contributed by atoms with Crippen molar-refractivity contribution in [3.05, 3.63) is 0 Å². The Hall–Kier alpha value is -0.240. The Balaban J connectivity index is 1.86. The second-order valence-corrected chi connectivity index (χ2v) is 5.89. The van der Waals surface area contributed by atoms with Crippen LogP contribution in [0.1, 0.15) is 27.7 Å². The van der Waals surface area contributed by atoms with Gasteiger partial charge in [0.1, 0.15) is 24.4 Å². The molecule has 6 heteroatoms. The number of hydrogen-bond acceptors (Lipinski definition) is 6. The molecule has 0 bridgehead atoms. The first kappa shape index (κ1) is 12.8. The lowest BCUT2D eigenvalue weighted by Gasteiger charge is -2.36. The number of aliphatic hydroxyl groups is 1. The molecule has 5 atom stereocenters. The quantitative estimate of drug-likeness (QED) is 0.735. The molecule has 0 aliphatic carbocycles. The van der Waals surface area contributed by atoms with Crippen LogP contribution >= 0.6 is 0 Å². The van der Waals surface area contributed by atoms with Crippen molar-refractivity contribution in [2.75, 3.05) is 6.61 Å². The zero-order chi connectivity index (χ0) is 13.1. The van der Waals surface area contributed by atoms with Crippen LogP contribution < -0.4 is 0 Å². The fourth-order valence-electron chi connectivity index (χ4n) is 2.84. The van der Waals surface area contributed by atoms with Crippen LogP contribution in [0.5, 0.6) is 0 Å². The van der Waals surface area contributed by atoms with Crippen molar-refractivity contribution in [1.82, 2.24) is 0 Å². The highest BCUT2D eigenvalue weighted by molar-refractivity contribution is 4.99. The van der Waals surface area contributed by atoms with Crippen molar-refractivity contribution in [2.24, 2.45) is 0 Å². The summed E-state index contributed by atoms with van der Waals surface area (Å²) in [6.45, 7) is 7.22. The van der Waals surface area contributed by atoms with Gasteiger partial charge in [-0.2, -0.15) is 0 Å². The van der Waals surface area contributed by atoms with E-state index in [1.807, 2.05) is 27.7 Å². The molecule has 1 N–H and O–H groups in total. The van der Waals surface area contributed by atoms with Gasteiger partial charge in [-0.3, -0.25) is 0 Å². The standard InChI is InChI=1S/C12H20O6/c1-11(2)15-7-6(5-13)14-10-9(8(7)16-11)17-12(3,4)18-10/h6-10,13H,5H2,1-4H3/t6-,7+,8-,9+,10-/m1/s1. The van der Waals surface area contributed by atoms with E-state index in [1.165, 1.54) is 0 Å². The van der Waals surface area contributed by atoms with Crippen LogP contribution in [0, 0.1) is 0 Å². The summed E-state index contributed by atoms with van der Waals surface area (Å²) >= 11 is 0. The van der Waals surface area contributed by atoms with E-state index >= 15 is 0 Å². The summed E-state index contributed by atoms with van der Waals surface area (Å²) in [6, 6.07) is 0. The largest absolute Gasteiger partial charge is 0.394 e. The third-order valence-electron chi connectivity index (χ3n) is 3.43. The van der Waals surface area contributed by atoms with E-state index in [2.05, 4.69) is 0 Å². The molecule has 104 valence electrons. The monoisotopic (exact) mass is 260 g/mol. The van der Waals surface area contributed by atoms with Crippen LogP contribution in [-0.4, -0.2) is 54.0 Å². The second kappa shape index (κ2) is 3.88. The van der Waals surface area contributed by atoms with Gasteiger partial charge in [-0.1, -0.05) is 0 Å². The highest BCUT2D eigenvalue weighted by atomic mass is 16.9. The Bertz CT molecular complexity index is 341. The molecule has 18 heavy (non-hydrogen) atoms. The SMILES string of the molecule is CC1(C)O[C@H]2O[C@H](CO)[C@@H]3OC(C)(C)O[C@H]3[C@@H]2O1. The molecule has 0 unspecified atom stereocenters. The molecule has 0 radical (unpaired) electrons. The van der Waals surface area contributed by atoms with Crippen LogP contribution in [0.3, 0.4) is 0 Å². The number of hydrogen-bond donors (Lipinski definition) is 1.